The summed E-state index contributed by atoms with van der Waals surface area (Å²) in [7, 11) is 11.7. The molecule has 0 aromatic heterocycles. The third-order valence-corrected chi connectivity index (χ3v) is 6.70. The molecule has 0 bridgehead atoms. The summed E-state index contributed by atoms with van der Waals surface area (Å²) >= 11 is 0. The lowest BCUT2D eigenvalue weighted by Crippen LogP contribution is -2.31. The van der Waals surface area contributed by atoms with Crippen molar-refractivity contribution in [2.45, 2.75) is 30.9 Å². The number of benzene rings is 4. The molecule has 4 radical (unpaired) electrons. The van der Waals surface area contributed by atoms with E-state index in [0.29, 0.717) is 12.6 Å². The summed E-state index contributed by atoms with van der Waals surface area (Å²) in [4.78, 5) is 0. The van der Waals surface area contributed by atoms with Gasteiger partial charge < -0.3 is 0 Å². The molecular weight excluding hydrogens is 370 g/mol. The van der Waals surface area contributed by atoms with Crippen molar-refractivity contribution in [2.24, 2.45) is 0 Å². The summed E-state index contributed by atoms with van der Waals surface area (Å²) in [5.41, 5.74) is 10.4. The van der Waals surface area contributed by atoms with Gasteiger partial charge in [0.1, 0.15) is 0 Å². The van der Waals surface area contributed by atoms with E-state index in [9.17, 15) is 0 Å². The van der Waals surface area contributed by atoms with E-state index in [2.05, 4.69) is 97.1 Å². The number of fused-ring (bicyclic) bond motifs is 3. The first kappa shape index (κ1) is 19.9. The molecule has 4 aromatic carbocycles. The third-order valence-electron chi connectivity index (χ3n) is 6.70. The van der Waals surface area contributed by atoms with E-state index in [1.807, 2.05) is 0 Å². The van der Waals surface area contributed by atoms with E-state index in [0.717, 1.165) is 12.8 Å². The van der Waals surface area contributed by atoms with Crippen molar-refractivity contribution in [3.8, 4) is 11.1 Å². The van der Waals surface area contributed by atoms with Crippen LogP contribution in [0.2, 0.25) is 0 Å². The molecular formula is C29H24B2. The molecule has 0 saturated carbocycles. The number of hydrogen-bond donors (Lipinski definition) is 0. The van der Waals surface area contributed by atoms with Gasteiger partial charge in [0.15, 0.2) is 0 Å². The third kappa shape index (κ3) is 3.55. The van der Waals surface area contributed by atoms with Crippen LogP contribution in [0.4, 0.5) is 0 Å². The van der Waals surface area contributed by atoms with Gasteiger partial charge in [-0.3, -0.25) is 0 Å². The fraction of sp³-hybridized carbons (Fsp3) is 0.172. The Labute approximate surface area is 188 Å². The molecule has 146 valence electrons. The first-order valence-corrected chi connectivity index (χ1v) is 11.0. The first-order chi connectivity index (χ1) is 15.2. The Bertz CT molecular complexity index is 1090. The van der Waals surface area contributed by atoms with E-state index in [1.54, 1.807) is 0 Å². The summed E-state index contributed by atoms with van der Waals surface area (Å²) < 4.78 is 0. The Morgan fingerprint density at radius 3 is 1.19 bits per heavy atom. The molecule has 0 saturated heterocycles. The van der Waals surface area contributed by atoms with Crippen LogP contribution in [0.3, 0.4) is 0 Å². The van der Waals surface area contributed by atoms with E-state index in [4.69, 9.17) is 15.7 Å². The summed E-state index contributed by atoms with van der Waals surface area (Å²) in [5.74, 6) is 0. The molecule has 0 N–H and O–H groups in total. The largest absolute Gasteiger partial charge is 0.0716 e. The molecule has 0 unspecified atom stereocenters. The zero-order valence-corrected chi connectivity index (χ0v) is 17.7. The Morgan fingerprint density at radius 2 is 0.806 bits per heavy atom. The van der Waals surface area contributed by atoms with Gasteiger partial charge in [0.2, 0.25) is 0 Å². The maximum atomic E-state index is 5.83. The van der Waals surface area contributed by atoms with Gasteiger partial charge in [0, 0.05) is 5.41 Å². The highest BCUT2D eigenvalue weighted by Gasteiger charge is 2.42. The zero-order valence-electron chi connectivity index (χ0n) is 17.7. The van der Waals surface area contributed by atoms with Crippen molar-refractivity contribution < 1.29 is 0 Å². The predicted octanol–water partition coefficient (Wildman–Crippen LogP) is 5.78. The van der Waals surface area contributed by atoms with Gasteiger partial charge >= 0.3 is 0 Å². The van der Waals surface area contributed by atoms with Crippen LogP contribution in [0.15, 0.2) is 97.1 Å². The highest BCUT2D eigenvalue weighted by Crippen LogP contribution is 2.52. The monoisotopic (exact) mass is 394 g/mol. The van der Waals surface area contributed by atoms with Gasteiger partial charge in [-0.15, -0.1) is 0 Å². The lowest BCUT2D eigenvalue weighted by Gasteiger charge is -2.33. The molecule has 4 aromatic rings. The first-order valence-electron chi connectivity index (χ1n) is 11.0. The standard InChI is InChI=1S/C29H24B2/c30-19-23-13-9-21(10-14-23)17-29(18-22-11-15-24(20-31)16-12-22)27-7-3-1-5-25(27)26-6-2-4-8-28(26)29/h1-16H,17-20H2. The summed E-state index contributed by atoms with van der Waals surface area (Å²) in [5, 5.41) is 0. The Balaban J connectivity index is 1.67. The van der Waals surface area contributed by atoms with Crippen LogP contribution < -0.4 is 0 Å². The molecule has 2 heteroatoms. The SMILES string of the molecule is [B]Cc1ccc(CC2(Cc3ccc(C[B])cc3)c3ccccc3-c3ccccc32)cc1. The second-order valence-corrected chi connectivity index (χ2v) is 8.57. The van der Waals surface area contributed by atoms with Gasteiger partial charge in [-0.2, -0.15) is 0 Å². The molecule has 0 aliphatic heterocycles. The van der Waals surface area contributed by atoms with Crippen LogP contribution in [0.5, 0.6) is 0 Å². The maximum Gasteiger partial charge on any atom is 0.0716 e. The minimum atomic E-state index is -0.109. The molecule has 31 heavy (non-hydrogen) atoms. The maximum absolute atomic E-state index is 5.83. The quantitative estimate of drug-likeness (QED) is 0.364. The normalized spacial score (nSPS) is 13.5. The van der Waals surface area contributed by atoms with Crippen molar-refractivity contribution in [2.75, 3.05) is 0 Å². The van der Waals surface area contributed by atoms with Crippen molar-refractivity contribution >= 4 is 15.7 Å². The molecule has 0 fully saturated rings. The molecule has 0 amide bonds. The van der Waals surface area contributed by atoms with Crippen LogP contribution in [-0.4, -0.2) is 15.7 Å². The molecule has 0 spiro atoms. The van der Waals surface area contributed by atoms with E-state index in [-0.39, 0.29) is 5.41 Å². The average Bonchev–Trinajstić information content (AvgIpc) is 3.10. The Kier molecular flexibility index (Phi) is 5.32. The highest BCUT2D eigenvalue weighted by atomic mass is 14.4. The van der Waals surface area contributed by atoms with Gasteiger partial charge in [-0.25, -0.2) is 0 Å². The summed E-state index contributed by atoms with van der Waals surface area (Å²) in [6.45, 7) is 0. The topological polar surface area (TPSA) is 0 Å². The molecule has 0 nitrogen and oxygen atoms in total. The minimum absolute atomic E-state index is 0.109. The summed E-state index contributed by atoms with van der Waals surface area (Å²) in [6.07, 6.45) is 3.05. The fourth-order valence-corrected chi connectivity index (χ4v) is 5.14. The van der Waals surface area contributed by atoms with Gasteiger partial charge in [-0.1, -0.05) is 121 Å². The van der Waals surface area contributed by atoms with Crippen molar-refractivity contribution in [1.82, 2.24) is 0 Å². The Hall–Kier alpha value is -2.99. The second kappa shape index (κ2) is 8.27. The van der Waals surface area contributed by atoms with Gasteiger partial charge in [0.05, 0.1) is 15.7 Å². The fourth-order valence-electron chi connectivity index (χ4n) is 5.14. The van der Waals surface area contributed by atoms with Crippen LogP contribution in [-0.2, 0) is 30.9 Å². The van der Waals surface area contributed by atoms with Crippen LogP contribution in [0.25, 0.3) is 11.1 Å². The minimum Gasteiger partial charge on any atom is -0.0643 e. The van der Waals surface area contributed by atoms with E-state index in [1.165, 1.54) is 44.5 Å². The number of hydrogen-bond acceptors (Lipinski definition) is 0. The molecule has 1 aliphatic carbocycles. The van der Waals surface area contributed by atoms with Crippen molar-refractivity contribution in [3.63, 3.8) is 0 Å². The van der Waals surface area contributed by atoms with Crippen LogP contribution >= 0.6 is 0 Å². The highest BCUT2D eigenvalue weighted by molar-refractivity contribution is 6.08. The molecule has 0 heterocycles. The van der Waals surface area contributed by atoms with Crippen molar-refractivity contribution in [3.05, 3.63) is 130 Å². The molecule has 5 rings (SSSR count). The lowest BCUT2D eigenvalue weighted by molar-refractivity contribution is 0.520. The predicted molar refractivity (Wildman–Crippen MR) is 132 cm³/mol. The van der Waals surface area contributed by atoms with Crippen LogP contribution in [0, 0.1) is 0 Å². The Morgan fingerprint density at radius 1 is 0.452 bits per heavy atom. The second-order valence-electron chi connectivity index (χ2n) is 8.57. The molecule has 1 aliphatic rings. The molecule has 0 atom stereocenters. The zero-order chi connectivity index (χ0) is 21.3. The van der Waals surface area contributed by atoms with Crippen molar-refractivity contribution in [1.29, 1.82) is 0 Å². The lowest BCUT2D eigenvalue weighted by atomic mass is 9.69. The van der Waals surface area contributed by atoms with Gasteiger partial charge in [-0.05, 0) is 46.2 Å². The average molecular weight is 394 g/mol. The van der Waals surface area contributed by atoms with E-state index >= 15 is 0 Å². The smallest absolute Gasteiger partial charge is 0.0643 e. The van der Waals surface area contributed by atoms with E-state index < -0.39 is 0 Å². The van der Waals surface area contributed by atoms with Crippen LogP contribution in [0.1, 0.15) is 33.4 Å². The van der Waals surface area contributed by atoms with Gasteiger partial charge in [0.25, 0.3) is 0 Å². The summed E-state index contributed by atoms with van der Waals surface area (Å²) in [6, 6.07) is 35.4. The number of rotatable bonds is 6.